The molecule has 0 aromatic heterocycles. The molecule has 0 aliphatic carbocycles. The molecule has 1 amide bonds. The fraction of sp³-hybridized carbons (Fsp3) is 0.500. The van der Waals surface area contributed by atoms with Crippen molar-refractivity contribution in [3.63, 3.8) is 0 Å². The first-order chi connectivity index (χ1) is 13.3. The van der Waals surface area contributed by atoms with Crippen molar-refractivity contribution in [3.8, 4) is 0 Å². The highest BCUT2D eigenvalue weighted by Crippen LogP contribution is 2.24. The molecule has 13 heteroatoms. The van der Waals surface area contributed by atoms with E-state index in [0.717, 1.165) is 10.7 Å². The summed E-state index contributed by atoms with van der Waals surface area (Å²) >= 11 is 6.35. The Morgan fingerprint density at radius 2 is 1.83 bits per heavy atom. The molecule has 0 N–H and O–H groups in total. The van der Waals surface area contributed by atoms with Crippen molar-refractivity contribution in [2.45, 2.75) is 31.4 Å². The molecule has 0 unspecified atom stereocenters. The first kappa shape index (κ1) is 27.2. The maximum atomic E-state index is 13.0. The maximum absolute atomic E-state index is 13.0. The van der Waals surface area contributed by atoms with Crippen LogP contribution in [0.3, 0.4) is 0 Å². The van der Waals surface area contributed by atoms with E-state index < -0.39 is 27.9 Å². The lowest BCUT2D eigenvalue weighted by molar-refractivity contribution is -0.149. The number of halogens is 5. The van der Waals surface area contributed by atoms with Crippen LogP contribution in [0.25, 0.3) is 0 Å². The number of esters is 1. The number of carbonyl (C=O) groups excluding carboxylic acids is 2. The fourth-order valence-electron chi connectivity index (χ4n) is 2.19. The number of carbonyl (C=O) groups is 2. The third kappa shape index (κ3) is 8.29. The highest BCUT2D eigenvalue weighted by atomic mass is 127. The molecule has 1 rings (SSSR count). The van der Waals surface area contributed by atoms with E-state index in [1.165, 1.54) is 0 Å². The first-order valence-corrected chi connectivity index (χ1v) is 12.9. The lowest BCUT2D eigenvalue weighted by Gasteiger charge is -2.23. The Bertz CT molecular complexity index is 866. The lowest BCUT2D eigenvalue weighted by Crippen LogP contribution is -2.35. The van der Waals surface area contributed by atoms with Gasteiger partial charge in [0.1, 0.15) is 0 Å². The molecule has 164 valence electrons. The second-order valence-corrected chi connectivity index (χ2v) is 10.9. The number of rotatable bonds is 10. The van der Waals surface area contributed by atoms with Crippen molar-refractivity contribution >= 4 is 89.8 Å². The number of ether oxygens (including phenoxy) is 1. The van der Waals surface area contributed by atoms with Crippen molar-refractivity contribution in [1.29, 1.82) is 0 Å². The zero-order valence-electron chi connectivity index (χ0n) is 15.1. The Labute approximate surface area is 208 Å². The molecule has 0 aliphatic heterocycles. The summed E-state index contributed by atoms with van der Waals surface area (Å²) in [5.41, 5.74) is 0.540. The quantitative estimate of drug-likeness (QED) is 0.155. The number of nitrogens with zero attached hydrogens (tertiary/aromatic N) is 1. The van der Waals surface area contributed by atoms with Gasteiger partial charge in [0, 0.05) is 30.2 Å². The number of benzene rings is 1. The second kappa shape index (κ2) is 11.7. The van der Waals surface area contributed by atoms with Gasteiger partial charge in [-0.25, -0.2) is 8.42 Å². The summed E-state index contributed by atoms with van der Waals surface area (Å²) in [6.45, 7) is 0.701. The molecule has 0 atom stereocenters. The standard InChI is InChI=1S/C16H18F2I3NO6S/c1-2-5-22(15(24)11-7-10(19)8-12(20)14(11)21)6-3-4-13(23)28-9-16(17,18)29(25,26)27/h7-8H,2-6,9H2,1H3,(H,25,26,27)/p-1. The Morgan fingerprint density at radius 3 is 2.38 bits per heavy atom. The van der Waals surface area contributed by atoms with E-state index in [4.69, 9.17) is 0 Å². The van der Waals surface area contributed by atoms with Gasteiger partial charge in [-0.1, -0.05) is 6.92 Å². The minimum atomic E-state index is -5.91. The smallest absolute Gasteiger partial charge is 0.367 e. The Balaban J connectivity index is 2.70. The lowest BCUT2D eigenvalue weighted by atomic mass is 10.2. The van der Waals surface area contributed by atoms with Crippen molar-refractivity contribution in [1.82, 2.24) is 4.90 Å². The average molecular weight is 770 g/mol. The molecule has 0 fully saturated rings. The van der Waals surface area contributed by atoms with Gasteiger partial charge >= 0.3 is 11.2 Å². The molecule has 0 heterocycles. The van der Waals surface area contributed by atoms with Gasteiger partial charge in [-0.05, 0) is 92.7 Å². The van der Waals surface area contributed by atoms with Crippen LogP contribution in [-0.4, -0.2) is 54.7 Å². The highest BCUT2D eigenvalue weighted by Gasteiger charge is 2.39. The topological polar surface area (TPSA) is 104 Å². The van der Waals surface area contributed by atoms with Crippen LogP contribution in [0.2, 0.25) is 0 Å². The van der Waals surface area contributed by atoms with Gasteiger partial charge in [0.15, 0.2) is 16.7 Å². The van der Waals surface area contributed by atoms with Gasteiger partial charge in [0.2, 0.25) is 0 Å². The van der Waals surface area contributed by atoms with Gasteiger partial charge in [-0.2, -0.15) is 8.78 Å². The van der Waals surface area contributed by atoms with Crippen molar-refractivity contribution in [2.75, 3.05) is 19.7 Å². The normalized spacial score (nSPS) is 12.0. The van der Waals surface area contributed by atoms with E-state index in [2.05, 4.69) is 72.5 Å². The third-order valence-corrected chi connectivity index (χ3v) is 8.10. The van der Waals surface area contributed by atoms with Gasteiger partial charge in [0.25, 0.3) is 5.91 Å². The molecule has 0 spiro atoms. The molecule has 0 saturated heterocycles. The van der Waals surface area contributed by atoms with E-state index in [-0.39, 0.29) is 25.3 Å². The summed E-state index contributed by atoms with van der Waals surface area (Å²) in [7, 11) is -5.91. The summed E-state index contributed by atoms with van der Waals surface area (Å²) in [5, 5.41) is -4.68. The minimum Gasteiger partial charge on any atom is -0.743 e. The molecule has 1 aromatic rings. The Hall–Kier alpha value is 0.120. The zero-order valence-corrected chi connectivity index (χ0v) is 22.4. The average Bonchev–Trinajstić information content (AvgIpc) is 2.60. The van der Waals surface area contributed by atoms with E-state index in [1.807, 2.05) is 13.0 Å². The maximum Gasteiger partial charge on any atom is 0.367 e. The van der Waals surface area contributed by atoms with Gasteiger partial charge in [0.05, 0.1) is 5.56 Å². The monoisotopic (exact) mass is 770 g/mol. The molecule has 7 nitrogen and oxygen atoms in total. The van der Waals surface area contributed by atoms with Gasteiger partial charge in [-0.15, -0.1) is 0 Å². The van der Waals surface area contributed by atoms with Crippen molar-refractivity contribution < 1.29 is 36.1 Å². The van der Waals surface area contributed by atoms with Crippen LogP contribution >= 0.6 is 67.8 Å². The van der Waals surface area contributed by atoms with Crippen LogP contribution < -0.4 is 0 Å². The van der Waals surface area contributed by atoms with E-state index >= 15 is 0 Å². The molecule has 0 radical (unpaired) electrons. The number of amides is 1. The molecular weight excluding hydrogens is 753 g/mol. The van der Waals surface area contributed by atoms with E-state index in [0.29, 0.717) is 18.5 Å². The second-order valence-electron chi connectivity index (χ2n) is 5.90. The van der Waals surface area contributed by atoms with Crippen molar-refractivity contribution in [2.24, 2.45) is 0 Å². The third-order valence-electron chi connectivity index (χ3n) is 3.58. The molecule has 0 bridgehead atoms. The first-order valence-electron chi connectivity index (χ1n) is 8.23. The minimum absolute atomic E-state index is 0.137. The van der Waals surface area contributed by atoms with Gasteiger partial charge < -0.3 is 14.2 Å². The van der Waals surface area contributed by atoms with E-state index in [1.54, 1.807) is 11.0 Å². The Morgan fingerprint density at radius 1 is 1.21 bits per heavy atom. The highest BCUT2D eigenvalue weighted by molar-refractivity contribution is 14.1. The predicted molar refractivity (Wildman–Crippen MR) is 126 cm³/mol. The van der Waals surface area contributed by atoms with Crippen LogP contribution in [0, 0.1) is 10.7 Å². The predicted octanol–water partition coefficient (Wildman–Crippen LogP) is 3.81. The van der Waals surface area contributed by atoms with Crippen LogP contribution in [0.5, 0.6) is 0 Å². The van der Waals surface area contributed by atoms with E-state index in [9.17, 15) is 31.3 Å². The molecule has 0 aliphatic rings. The fourth-order valence-corrected chi connectivity index (χ4v) is 4.78. The van der Waals surface area contributed by atoms with Crippen LogP contribution in [0.15, 0.2) is 12.1 Å². The summed E-state index contributed by atoms with van der Waals surface area (Å²) in [6.07, 6.45) is 0.517. The molecule has 29 heavy (non-hydrogen) atoms. The summed E-state index contributed by atoms with van der Waals surface area (Å²) in [4.78, 5) is 26.0. The number of hydrogen-bond donors (Lipinski definition) is 0. The molecule has 1 aromatic carbocycles. The molecular formula is C16H17F2I3NO6S-. The van der Waals surface area contributed by atoms with Crippen LogP contribution in [-0.2, 0) is 19.6 Å². The largest absolute Gasteiger partial charge is 0.743 e. The summed E-state index contributed by atoms with van der Waals surface area (Å²) in [5.74, 6) is -1.28. The summed E-state index contributed by atoms with van der Waals surface area (Å²) in [6, 6.07) is 3.72. The number of hydrogen-bond acceptors (Lipinski definition) is 6. The van der Waals surface area contributed by atoms with Gasteiger partial charge in [-0.3, -0.25) is 9.59 Å². The van der Waals surface area contributed by atoms with Crippen LogP contribution in [0.1, 0.15) is 36.5 Å². The number of alkyl halides is 2. The van der Waals surface area contributed by atoms with Crippen LogP contribution in [0.4, 0.5) is 8.78 Å². The molecule has 0 saturated carbocycles. The SMILES string of the molecule is CCCN(CCCC(=O)OCC(F)(F)S(=O)(=O)[O-])C(=O)c1cc(I)cc(I)c1I. The Kier molecular flexibility index (Phi) is 10.9. The zero-order chi connectivity index (χ0) is 22.4. The summed E-state index contributed by atoms with van der Waals surface area (Å²) < 4.78 is 64.0. The van der Waals surface area contributed by atoms with Crippen molar-refractivity contribution in [3.05, 3.63) is 28.4 Å².